The van der Waals surface area contributed by atoms with Crippen LogP contribution in [0.15, 0.2) is 42.0 Å². The molecule has 2 heteroatoms. The smallest absolute Gasteiger partial charge is 0.303 e. The van der Waals surface area contributed by atoms with Crippen molar-refractivity contribution in [1.29, 1.82) is 0 Å². The number of aryl methyl sites for hydroxylation is 1. The fraction of sp³-hybridized carbons (Fsp3) is 0.560. The number of allylic oxidation sites excluding steroid dienone is 1. The van der Waals surface area contributed by atoms with Crippen molar-refractivity contribution in [1.82, 2.24) is 0 Å². The quantitative estimate of drug-likeness (QED) is 0.208. The maximum absolute atomic E-state index is 11.6. The van der Waals surface area contributed by atoms with E-state index in [2.05, 4.69) is 69.9 Å². The molecule has 0 radical (unpaired) electrons. The van der Waals surface area contributed by atoms with Crippen LogP contribution >= 0.6 is 0 Å². The number of benzene rings is 1. The highest BCUT2D eigenvalue weighted by Gasteiger charge is 2.27. The number of hydrogen-bond donors (Lipinski definition) is 0. The Bertz CT molecular complexity index is 631. The van der Waals surface area contributed by atoms with Gasteiger partial charge in [0.25, 0.3) is 0 Å². The van der Waals surface area contributed by atoms with Crippen molar-refractivity contribution in [2.75, 3.05) is 0 Å². The van der Waals surface area contributed by atoms with Crippen molar-refractivity contribution in [3.05, 3.63) is 47.5 Å². The molecule has 0 bridgehead atoms. The van der Waals surface area contributed by atoms with Crippen molar-refractivity contribution in [2.45, 2.75) is 79.2 Å². The zero-order chi connectivity index (χ0) is 20.1. The van der Waals surface area contributed by atoms with E-state index in [1.165, 1.54) is 30.9 Å². The average Bonchev–Trinajstić information content (AvgIpc) is 2.61. The van der Waals surface area contributed by atoms with Crippen molar-refractivity contribution in [2.24, 2.45) is 11.8 Å². The lowest BCUT2D eigenvalue weighted by Gasteiger charge is -2.27. The summed E-state index contributed by atoms with van der Waals surface area (Å²) in [6, 6.07) is 10.5. The molecule has 0 saturated heterocycles. The van der Waals surface area contributed by atoms with E-state index in [0.717, 1.165) is 25.7 Å². The Morgan fingerprint density at radius 1 is 1.15 bits per heavy atom. The van der Waals surface area contributed by atoms with Crippen molar-refractivity contribution < 1.29 is 9.53 Å². The molecule has 0 fully saturated rings. The molecule has 0 unspecified atom stereocenters. The van der Waals surface area contributed by atoms with Gasteiger partial charge in [0.15, 0.2) is 6.10 Å². The molecule has 0 N–H and O–H groups in total. The van der Waals surface area contributed by atoms with Gasteiger partial charge in [-0.15, -0.1) is 0 Å². The van der Waals surface area contributed by atoms with Gasteiger partial charge in [-0.1, -0.05) is 87.4 Å². The number of ether oxygens (including phenoxy) is 1. The normalized spacial score (nSPS) is 13.6. The number of esters is 1. The van der Waals surface area contributed by atoms with Crippen molar-refractivity contribution >= 4 is 5.97 Å². The topological polar surface area (TPSA) is 26.3 Å². The van der Waals surface area contributed by atoms with Gasteiger partial charge in [0.1, 0.15) is 0 Å². The molecular formula is C25H36O2. The predicted molar refractivity (Wildman–Crippen MR) is 114 cm³/mol. The molecule has 0 heterocycles. The van der Waals surface area contributed by atoms with Crippen LogP contribution in [0.2, 0.25) is 0 Å². The molecule has 0 aromatic heterocycles. The third-order valence-corrected chi connectivity index (χ3v) is 4.75. The molecule has 0 spiro atoms. The third kappa shape index (κ3) is 9.48. The fourth-order valence-electron chi connectivity index (χ4n) is 3.37. The second-order valence-corrected chi connectivity index (χ2v) is 7.55. The van der Waals surface area contributed by atoms with Gasteiger partial charge in [-0.2, -0.15) is 0 Å². The molecule has 0 amide bonds. The summed E-state index contributed by atoms with van der Waals surface area (Å²) >= 11 is 0. The highest BCUT2D eigenvalue weighted by Crippen LogP contribution is 2.27. The SMILES string of the molecule is CCCCCC#C[C@@H](OC(C)=O)[C@@H](/C(C)=C/CCc1ccccc1)C(C)C. The van der Waals surface area contributed by atoms with E-state index >= 15 is 0 Å². The Hall–Kier alpha value is -2.01. The van der Waals surface area contributed by atoms with Crippen LogP contribution in [-0.4, -0.2) is 12.1 Å². The highest BCUT2D eigenvalue weighted by atomic mass is 16.5. The first-order chi connectivity index (χ1) is 13.0. The molecule has 0 saturated carbocycles. The number of carbonyl (C=O) groups excluding carboxylic acids is 1. The van der Waals surface area contributed by atoms with Crippen LogP contribution in [0.3, 0.4) is 0 Å². The second-order valence-electron chi connectivity index (χ2n) is 7.55. The first kappa shape index (κ1) is 23.0. The molecule has 2 nitrogen and oxygen atoms in total. The molecule has 148 valence electrons. The highest BCUT2D eigenvalue weighted by molar-refractivity contribution is 5.66. The van der Waals surface area contributed by atoms with Gasteiger partial charge in [0.05, 0.1) is 0 Å². The molecule has 27 heavy (non-hydrogen) atoms. The van der Waals surface area contributed by atoms with Gasteiger partial charge < -0.3 is 4.74 Å². The second kappa shape index (κ2) is 13.2. The molecule has 2 atom stereocenters. The van der Waals surface area contributed by atoms with Gasteiger partial charge in [0.2, 0.25) is 0 Å². The largest absolute Gasteiger partial charge is 0.449 e. The number of unbranched alkanes of at least 4 members (excludes halogenated alkanes) is 3. The molecular weight excluding hydrogens is 332 g/mol. The summed E-state index contributed by atoms with van der Waals surface area (Å²) < 4.78 is 5.61. The first-order valence-electron chi connectivity index (χ1n) is 10.3. The number of carbonyl (C=O) groups is 1. The molecule has 0 aliphatic carbocycles. The van der Waals surface area contributed by atoms with Gasteiger partial charge in [-0.3, -0.25) is 4.79 Å². The standard InChI is InChI=1S/C25H36O2/c1-6-7-8-9-13-19-24(27-22(5)26)25(20(2)3)21(4)15-14-18-23-16-11-10-12-17-23/h10-12,15-17,20,24-25H,6-9,14,18H2,1-5H3/b21-15+/t24-,25-/m1/s1. The van der Waals surface area contributed by atoms with Gasteiger partial charge in [-0.25, -0.2) is 0 Å². The van der Waals surface area contributed by atoms with E-state index in [4.69, 9.17) is 4.74 Å². The first-order valence-corrected chi connectivity index (χ1v) is 10.3. The van der Waals surface area contributed by atoms with Crippen molar-refractivity contribution in [3.8, 4) is 11.8 Å². The lowest BCUT2D eigenvalue weighted by Crippen LogP contribution is -2.29. The summed E-state index contributed by atoms with van der Waals surface area (Å²) in [6.45, 7) is 10.2. The van der Waals surface area contributed by atoms with E-state index < -0.39 is 0 Å². The fourth-order valence-corrected chi connectivity index (χ4v) is 3.37. The van der Waals surface area contributed by atoms with E-state index in [-0.39, 0.29) is 18.0 Å². The van der Waals surface area contributed by atoms with Gasteiger partial charge >= 0.3 is 5.97 Å². The summed E-state index contributed by atoms with van der Waals surface area (Å²) in [5, 5.41) is 0. The van der Waals surface area contributed by atoms with Crippen LogP contribution in [0, 0.1) is 23.7 Å². The third-order valence-electron chi connectivity index (χ3n) is 4.75. The zero-order valence-corrected chi connectivity index (χ0v) is 17.8. The Kier molecular flexibility index (Phi) is 11.3. The summed E-state index contributed by atoms with van der Waals surface area (Å²) in [5.41, 5.74) is 2.60. The van der Waals surface area contributed by atoms with E-state index in [0.29, 0.717) is 5.92 Å². The van der Waals surface area contributed by atoms with Gasteiger partial charge in [-0.05, 0) is 37.7 Å². The summed E-state index contributed by atoms with van der Waals surface area (Å²) in [7, 11) is 0. The van der Waals surface area contributed by atoms with Crippen LogP contribution in [0.5, 0.6) is 0 Å². The molecule has 1 aromatic carbocycles. The van der Waals surface area contributed by atoms with Crippen molar-refractivity contribution in [3.63, 3.8) is 0 Å². The van der Waals surface area contributed by atoms with Crippen LogP contribution in [0.1, 0.15) is 72.3 Å². The minimum atomic E-state index is -0.364. The summed E-state index contributed by atoms with van der Waals surface area (Å²) in [4.78, 5) is 11.6. The summed E-state index contributed by atoms with van der Waals surface area (Å²) in [6.07, 6.45) is 8.28. The van der Waals surface area contributed by atoms with Crippen LogP contribution in [0.25, 0.3) is 0 Å². The molecule has 1 aromatic rings. The maximum atomic E-state index is 11.6. The monoisotopic (exact) mass is 368 g/mol. The number of hydrogen-bond acceptors (Lipinski definition) is 2. The lowest BCUT2D eigenvalue weighted by molar-refractivity contribution is -0.145. The van der Waals surface area contributed by atoms with Gasteiger partial charge in [0, 0.05) is 19.3 Å². The zero-order valence-electron chi connectivity index (χ0n) is 17.8. The van der Waals surface area contributed by atoms with Crippen LogP contribution < -0.4 is 0 Å². The predicted octanol–water partition coefficient (Wildman–Crippen LogP) is 6.35. The minimum Gasteiger partial charge on any atom is -0.449 e. The van der Waals surface area contributed by atoms with Crippen LogP contribution in [-0.2, 0) is 16.0 Å². The Morgan fingerprint density at radius 3 is 2.44 bits per heavy atom. The number of rotatable bonds is 10. The molecule has 1 rings (SSSR count). The Balaban J connectivity index is 2.83. The summed E-state index contributed by atoms with van der Waals surface area (Å²) in [5.74, 6) is 6.71. The maximum Gasteiger partial charge on any atom is 0.303 e. The van der Waals surface area contributed by atoms with E-state index in [9.17, 15) is 4.79 Å². The van der Waals surface area contributed by atoms with Crippen LogP contribution in [0.4, 0.5) is 0 Å². The average molecular weight is 369 g/mol. The Labute approximate surface area is 166 Å². The Morgan fingerprint density at radius 2 is 1.85 bits per heavy atom. The molecule has 0 aliphatic rings. The minimum absolute atomic E-state index is 0.128. The molecule has 0 aliphatic heterocycles. The lowest BCUT2D eigenvalue weighted by atomic mass is 9.83. The van der Waals surface area contributed by atoms with E-state index in [1.807, 2.05) is 6.07 Å². The van der Waals surface area contributed by atoms with E-state index in [1.54, 1.807) is 0 Å².